The minimum absolute atomic E-state index is 0. The van der Waals surface area contributed by atoms with E-state index in [4.69, 9.17) is 5.11 Å². The van der Waals surface area contributed by atoms with Crippen LogP contribution >= 0.6 is 0 Å². The smallest absolute Gasteiger partial charge is 0.129 e. The van der Waals surface area contributed by atoms with Crippen molar-refractivity contribution in [2.45, 2.75) is 13.3 Å². The molecule has 3 heteroatoms. The minimum atomic E-state index is 0. The van der Waals surface area contributed by atoms with E-state index in [0.29, 0.717) is 6.61 Å². The molecular formula is C7H16ClNO. The van der Waals surface area contributed by atoms with Crippen LogP contribution in [0.4, 0.5) is 0 Å². The third kappa shape index (κ3) is 2.45. The zero-order valence-electron chi connectivity index (χ0n) is 6.52. The molecule has 1 aliphatic rings. The Balaban J connectivity index is 0.000000810. The highest BCUT2D eigenvalue weighted by Crippen LogP contribution is 2.20. The van der Waals surface area contributed by atoms with E-state index in [1.54, 1.807) is 0 Å². The second-order valence-electron chi connectivity index (χ2n) is 2.96. The Kier molecular flexibility index (Phi) is 4.25. The van der Waals surface area contributed by atoms with E-state index in [1.165, 1.54) is 30.5 Å². The average molecular weight is 166 g/mol. The molecule has 0 radical (unpaired) electrons. The number of rotatable bonds is 4. The molecule has 0 aliphatic carbocycles. The lowest BCUT2D eigenvalue weighted by atomic mass is 10.4. The number of aliphatic hydroxyl groups excluding tert-OH is 1. The number of quaternary nitrogens is 1. The van der Waals surface area contributed by atoms with Crippen LogP contribution in [0.5, 0.6) is 0 Å². The monoisotopic (exact) mass is 165 g/mol. The molecule has 0 aromatic carbocycles. The van der Waals surface area contributed by atoms with Gasteiger partial charge in [0, 0.05) is 0 Å². The molecule has 0 spiro atoms. The maximum Gasteiger partial charge on any atom is 0.129 e. The van der Waals surface area contributed by atoms with E-state index in [1.807, 2.05) is 0 Å². The van der Waals surface area contributed by atoms with Gasteiger partial charge in [-0.3, -0.25) is 0 Å². The molecule has 1 saturated heterocycles. The first-order chi connectivity index (χ1) is 4.33. The topological polar surface area (TPSA) is 20.2 Å². The van der Waals surface area contributed by atoms with E-state index in [-0.39, 0.29) is 12.4 Å². The molecule has 1 heterocycles. The first kappa shape index (κ1) is 10.2. The van der Waals surface area contributed by atoms with Crippen LogP contribution in [0.15, 0.2) is 0 Å². The first-order valence-electron chi connectivity index (χ1n) is 3.79. The second-order valence-corrected chi connectivity index (χ2v) is 2.96. The Morgan fingerprint density at radius 2 is 1.90 bits per heavy atom. The summed E-state index contributed by atoms with van der Waals surface area (Å²) >= 11 is 0. The summed E-state index contributed by atoms with van der Waals surface area (Å²) in [4.78, 5) is 0. The Hall–Kier alpha value is 0.210. The Morgan fingerprint density at radius 1 is 1.30 bits per heavy atom. The van der Waals surface area contributed by atoms with Crippen molar-refractivity contribution in [3.05, 3.63) is 0 Å². The van der Waals surface area contributed by atoms with Gasteiger partial charge in [-0.25, -0.2) is 0 Å². The molecule has 2 nitrogen and oxygen atoms in total. The van der Waals surface area contributed by atoms with Crippen molar-refractivity contribution in [3.8, 4) is 0 Å². The number of nitrogens with zero attached hydrogens (tertiary/aromatic N) is 1. The van der Waals surface area contributed by atoms with Crippen molar-refractivity contribution in [1.29, 1.82) is 0 Å². The van der Waals surface area contributed by atoms with Crippen LogP contribution in [0.25, 0.3) is 0 Å². The molecule has 1 rings (SSSR count). The van der Waals surface area contributed by atoms with Gasteiger partial charge in [-0.1, -0.05) is 6.92 Å². The van der Waals surface area contributed by atoms with Gasteiger partial charge >= 0.3 is 0 Å². The maximum absolute atomic E-state index is 8.65. The summed E-state index contributed by atoms with van der Waals surface area (Å²) in [6, 6.07) is 0. The highest BCUT2D eigenvalue weighted by atomic mass is 35.5. The van der Waals surface area contributed by atoms with Gasteiger partial charge in [0.1, 0.15) is 19.6 Å². The molecule has 0 aromatic rings. The normalized spacial score (nSPS) is 19.8. The number of hydrogen-bond donors (Lipinski definition) is 1. The molecular weight excluding hydrogens is 150 g/mol. The third-order valence-electron chi connectivity index (χ3n) is 2.13. The summed E-state index contributed by atoms with van der Waals surface area (Å²) in [6.07, 6.45) is 1.25. The summed E-state index contributed by atoms with van der Waals surface area (Å²) in [5, 5.41) is 8.65. The fraction of sp³-hybridized carbons (Fsp3) is 1.00. The zero-order valence-corrected chi connectivity index (χ0v) is 7.27. The van der Waals surface area contributed by atoms with Gasteiger partial charge in [0.15, 0.2) is 0 Å². The summed E-state index contributed by atoms with van der Waals surface area (Å²) < 4.78 is 1.19. The van der Waals surface area contributed by atoms with Crippen LogP contribution in [-0.2, 0) is 0 Å². The molecule has 0 atom stereocenters. The number of halogens is 1. The van der Waals surface area contributed by atoms with Crippen molar-refractivity contribution in [2.24, 2.45) is 0 Å². The standard InChI is InChI=1S/C7H16NO.ClH/c1-2-3-8(4-5-8)6-7-9;/h9H,2-7H2,1H3;1H/q+1;/p-1. The first-order valence-corrected chi connectivity index (χ1v) is 3.79. The van der Waals surface area contributed by atoms with Gasteiger partial charge in [0.05, 0.1) is 13.2 Å². The van der Waals surface area contributed by atoms with Crippen LogP contribution in [0.2, 0.25) is 0 Å². The predicted octanol–water partition coefficient (Wildman–Crippen LogP) is -2.78. The van der Waals surface area contributed by atoms with Crippen molar-refractivity contribution in [2.75, 3.05) is 32.8 Å². The van der Waals surface area contributed by atoms with E-state index in [0.717, 1.165) is 6.54 Å². The molecule has 1 N–H and O–H groups in total. The molecule has 10 heavy (non-hydrogen) atoms. The molecule has 1 aliphatic heterocycles. The second kappa shape index (κ2) is 4.16. The lowest BCUT2D eigenvalue weighted by Gasteiger charge is -2.14. The lowest BCUT2D eigenvalue weighted by molar-refractivity contribution is -0.800. The van der Waals surface area contributed by atoms with Crippen LogP contribution in [0.1, 0.15) is 13.3 Å². The van der Waals surface area contributed by atoms with Crippen LogP contribution in [0.3, 0.4) is 0 Å². The fourth-order valence-corrected chi connectivity index (χ4v) is 1.39. The van der Waals surface area contributed by atoms with E-state index in [2.05, 4.69) is 6.92 Å². The van der Waals surface area contributed by atoms with Gasteiger partial charge < -0.3 is 22.0 Å². The van der Waals surface area contributed by atoms with Gasteiger partial charge in [-0.15, -0.1) is 0 Å². The van der Waals surface area contributed by atoms with Crippen molar-refractivity contribution < 1.29 is 22.0 Å². The minimum Gasteiger partial charge on any atom is -1.00 e. The van der Waals surface area contributed by atoms with E-state index in [9.17, 15) is 0 Å². The van der Waals surface area contributed by atoms with Gasteiger partial charge in [0.25, 0.3) is 0 Å². The largest absolute Gasteiger partial charge is 1.00 e. The lowest BCUT2D eigenvalue weighted by Crippen LogP contribution is -3.00. The highest BCUT2D eigenvalue weighted by Gasteiger charge is 2.39. The fourth-order valence-electron chi connectivity index (χ4n) is 1.39. The Morgan fingerprint density at radius 3 is 2.20 bits per heavy atom. The van der Waals surface area contributed by atoms with Crippen molar-refractivity contribution >= 4 is 0 Å². The number of aliphatic hydroxyl groups is 1. The summed E-state index contributed by atoms with van der Waals surface area (Å²) in [6.45, 7) is 7.41. The van der Waals surface area contributed by atoms with Crippen molar-refractivity contribution in [3.63, 3.8) is 0 Å². The summed E-state index contributed by atoms with van der Waals surface area (Å²) in [5.74, 6) is 0. The molecule has 1 fully saturated rings. The Bertz CT molecular complexity index is 85.6. The number of hydrogen-bond acceptors (Lipinski definition) is 1. The van der Waals surface area contributed by atoms with E-state index < -0.39 is 0 Å². The Labute approximate surface area is 68.8 Å². The summed E-state index contributed by atoms with van der Waals surface area (Å²) in [7, 11) is 0. The zero-order chi connectivity index (χ0) is 6.74. The average Bonchev–Trinajstić information content (AvgIpc) is 2.51. The van der Waals surface area contributed by atoms with Crippen LogP contribution < -0.4 is 12.4 Å². The molecule has 62 valence electrons. The van der Waals surface area contributed by atoms with E-state index >= 15 is 0 Å². The van der Waals surface area contributed by atoms with Gasteiger partial charge in [-0.2, -0.15) is 0 Å². The van der Waals surface area contributed by atoms with Crippen LogP contribution in [0, 0.1) is 0 Å². The van der Waals surface area contributed by atoms with Gasteiger partial charge in [0.2, 0.25) is 0 Å². The molecule has 0 aromatic heterocycles. The molecule has 0 unspecified atom stereocenters. The SMILES string of the molecule is CCC[N+]1(CCO)CC1.[Cl-]. The molecule has 0 bridgehead atoms. The van der Waals surface area contributed by atoms with Gasteiger partial charge in [-0.05, 0) is 6.42 Å². The quantitative estimate of drug-likeness (QED) is 0.353. The van der Waals surface area contributed by atoms with Crippen molar-refractivity contribution in [1.82, 2.24) is 0 Å². The molecule has 0 amide bonds. The van der Waals surface area contributed by atoms with Crippen LogP contribution in [-0.4, -0.2) is 42.4 Å². The maximum atomic E-state index is 8.65. The third-order valence-corrected chi connectivity index (χ3v) is 2.13. The summed E-state index contributed by atoms with van der Waals surface area (Å²) in [5.41, 5.74) is 0. The highest BCUT2D eigenvalue weighted by molar-refractivity contribution is 4.55. The predicted molar refractivity (Wildman–Crippen MR) is 37.1 cm³/mol. The molecule has 0 saturated carbocycles.